The molecule has 192 valence electrons. The minimum absolute atomic E-state index is 0.186. The van der Waals surface area contributed by atoms with Crippen LogP contribution in [0.5, 0.6) is 0 Å². The minimum Gasteiger partial charge on any atom is -0.364 e. The largest absolute Gasteiger partial charge is 0.488 e. The maximum absolute atomic E-state index is 13.4. The summed E-state index contributed by atoms with van der Waals surface area (Å²) < 4.78 is 51.6. The summed E-state index contributed by atoms with van der Waals surface area (Å²) in [5.74, 6) is 0. The molecule has 0 aliphatic carbocycles. The normalized spacial score (nSPS) is 21.7. The number of aliphatic hydroxyl groups is 4. The fraction of sp³-hybridized carbons (Fsp3) is 0.600. The lowest BCUT2D eigenvalue weighted by atomic mass is 10.3. The number of rotatable bonds is 14. The molecule has 4 unspecified atom stereocenters. The lowest BCUT2D eigenvalue weighted by Crippen LogP contribution is -2.22. The zero-order chi connectivity index (χ0) is 26.0. The molecule has 0 rings (SSSR count). The third-order valence-electron chi connectivity index (χ3n) is 4.50. The maximum Gasteiger partial charge on any atom is 0.488 e. The summed E-state index contributed by atoms with van der Waals surface area (Å²) in [4.78, 5) is 0. The van der Waals surface area contributed by atoms with E-state index in [1.54, 1.807) is 27.7 Å². The van der Waals surface area contributed by atoms with Crippen LogP contribution in [0.4, 0.5) is 0 Å². The molecule has 0 saturated heterocycles. The van der Waals surface area contributed by atoms with Crippen molar-refractivity contribution in [3.8, 4) is 0 Å². The predicted molar refractivity (Wildman–Crippen MR) is 122 cm³/mol. The average Bonchev–Trinajstić information content (AvgIpc) is 2.75. The summed E-state index contributed by atoms with van der Waals surface area (Å²) in [6, 6.07) is 0. The molecule has 0 saturated carbocycles. The Labute approximate surface area is 195 Å². The molecule has 0 radical (unpaired) electrons. The summed E-state index contributed by atoms with van der Waals surface area (Å²) >= 11 is 0. The van der Waals surface area contributed by atoms with E-state index in [1.807, 2.05) is 0 Å². The van der Waals surface area contributed by atoms with Crippen molar-refractivity contribution in [2.75, 3.05) is 0 Å². The Morgan fingerprint density at radius 1 is 0.545 bits per heavy atom. The van der Waals surface area contributed by atoms with Gasteiger partial charge in [0.1, 0.15) is 0 Å². The molecule has 4 atom stereocenters. The van der Waals surface area contributed by atoms with E-state index in [4.69, 9.17) is 22.4 Å². The van der Waals surface area contributed by atoms with Gasteiger partial charge in [-0.15, -0.1) is 0 Å². The van der Waals surface area contributed by atoms with Gasteiger partial charge in [-0.3, -0.25) is 18.1 Å². The maximum atomic E-state index is 13.4. The van der Waals surface area contributed by atoms with Crippen LogP contribution in [0.25, 0.3) is 0 Å². The molecule has 0 aromatic rings. The van der Waals surface area contributed by atoms with Crippen LogP contribution in [0, 0.1) is 0 Å². The molecule has 0 aromatic carbocycles. The molecule has 33 heavy (non-hydrogen) atoms. The second kappa shape index (κ2) is 14.5. The molecule has 0 fully saturated rings. The van der Waals surface area contributed by atoms with Crippen LogP contribution in [0.3, 0.4) is 0 Å². The van der Waals surface area contributed by atoms with Gasteiger partial charge in [-0.05, 0) is 77.7 Å². The molecule has 0 aromatic heterocycles. The topological polar surface area (TPSA) is 161 Å². The lowest BCUT2D eigenvalue weighted by molar-refractivity contribution is -0.0738. The summed E-state index contributed by atoms with van der Waals surface area (Å²) in [5.41, 5.74) is 0.744. The van der Waals surface area contributed by atoms with Gasteiger partial charge >= 0.3 is 15.6 Å². The summed E-state index contributed by atoms with van der Waals surface area (Å²) in [6.07, 6.45) is -1.65. The first kappa shape index (κ1) is 32.1. The van der Waals surface area contributed by atoms with Crippen molar-refractivity contribution < 1.29 is 52.0 Å². The van der Waals surface area contributed by atoms with Gasteiger partial charge < -0.3 is 20.4 Å². The first-order valence-electron chi connectivity index (χ1n) is 10.1. The quantitative estimate of drug-likeness (QED) is 0.147. The molecule has 0 heterocycles. The first-order valence-corrected chi connectivity index (χ1v) is 13.0. The van der Waals surface area contributed by atoms with E-state index in [0.29, 0.717) is 0 Å². The second-order valence-corrected chi connectivity index (χ2v) is 10.2. The third-order valence-corrected chi connectivity index (χ3v) is 7.93. The summed E-state index contributed by atoms with van der Waals surface area (Å²) in [6.45, 7) is 12.0. The number of aliphatic hydroxyl groups excluding tert-OH is 4. The molecule has 0 amide bonds. The van der Waals surface area contributed by atoms with E-state index in [0.717, 1.165) is 0 Å². The van der Waals surface area contributed by atoms with Gasteiger partial charge in [-0.1, -0.05) is 24.3 Å². The van der Waals surface area contributed by atoms with Crippen molar-refractivity contribution in [1.29, 1.82) is 0 Å². The summed E-state index contributed by atoms with van der Waals surface area (Å²) in [7, 11) is -10.3. The van der Waals surface area contributed by atoms with Gasteiger partial charge in [-0.2, -0.15) is 4.31 Å². The van der Waals surface area contributed by atoms with E-state index in [-0.39, 0.29) is 22.3 Å². The molecule has 0 aliphatic rings. The van der Waals surface area contributed by atoms with E-state index in [1.165, 1.54) is 52.0 Å². The molecule has 11 nitrogen and oxygen atoms in total. The van der Waals surface area contributed by atoms with Crippen LogP contribution in [0.15, 0.2) is 46.6 Å². The van der Waals surface area contributed by atoms with Crippen molar-refractivity contribution in [3.63, 3.8) is 0 Å². The molecule has 13 heteroatoms. The van der Waals surface area contributed by atoms with E-state index < -0.39 is 40.8 Å². The number of hydrogen-bond acceptors (Lipinski definition) is 11. The van der Waals surface area contributed by atoms with Crippen molar-refractivity contribution in [2.24, 2.45) is 0 Å². The van der Waals surface area contributed by atoms with Gasteiger partial charge in [0.25, 0.3) is 0 Å². The van der Waals surface area contributed by atoms with Crippen molar-refractivity contribution in [2.45, 2.75) is 80.6 Å². The van der Waals surface area contributed by atoms with Gasteiger partial charge in [0, 0.05) is 0 Å². The molecule has 4 N–H and O–H groups in total. The number of allylic oxidation sites excluding steroid dienone is 4. The third kappa shape index (κ3) is 10.9. The van der Waals surface area contributed by atoms with Gasteiger partial charge in [-0.25, -0.2) is 9.13 Å². The summed E-state index contributed by atoms with van der Waals surface area (Å²) in [5, 5.41) is 40.7. The van der Waals surface area contributed by atoms with Crippen molar-refractivity contribution in [1.82, 2.24) is 0 Å². The standard InChI is InChI=1S/C20H36O11P2/c1-9-13(5)17(21)27-32(25,28-18(22)14(6)10-2)31-33(26,29-19(23)15(7)11-3)30-20(24)16(8)12-4/h9-12,17-24H,1-8H3/b13-9+,14-10+,15-11+,16-12+. The Morgan fingerprint density at radius 3 is 0.879 bits per heavy atom. The van der Waals surface area contributed by atoms with Gasteiger partial charge in [0.2, 0.25) is 0 Å². The Hall–Kier alpha value is -0.940. The van der Waals surface area contributed by atoms with Crippen LogP contribution in [-0.4, -0.2) is 45.6 Å². The second-order valence-electron chi connectivity index (χ2n) is 6.94. The van der Waals surface area contributed by atoms with Crippen LogP contribution in [0.2, 0.25) is 0 Å². The zero-order valence-corrected chi connectivity index (χ0v) is 21.9. The van der Waals surface area contributed by atoms with Crippen molar-refractivity contribution >= 4 is 15.6 Å². The van der Waals surface area contributed by atoms with E-state index in [2.05, 4.69) is 0 Å². The number of phosphoric acid groups is 2. The highest BCUT2D eigenvalue weighted by molar-refractivity contribution is 7.62. The highest BCUT2D eigenvalue weighted by atomic mass is 31.3. The molecular weight excluding hydrogens is 478 g/mol. The van der Waals surface area contributed by atoms with Crippen molar-refractivity contribution in [3.05, 3.63) is 46.6 Å². The first-order chi connectivity index (χ1) is 15.2. The van der Waals surface area contributed by atoms with Gasteiger partial charge in [0.15, 0.2) is 25.2 Å². The van der Waals surface area contributed by atoms with Gasteiger partial charge in [0.05, 0.1) is 0 Å². The van der Waals surface area contributed by atoms with E-state index >= 15 is 0 Å². The fourth-order valence-corrected chi connectivity index (χ4v) is 4.98. The van der Waals surface area contributed by atoms with Crippen LogP contribution >= 0.6 is 15.6 Å². The predicted octanol–water partition coefficient (Wildman–Crippen LogP) is 4.42. The Bertz CT molecular complexity index is 719. The highest BCUT2D eigenvalue weighted by Gasteiger charge is 2.46. The SMILES string of the molecule is C/C=C(\C)C(O)OP(=O)(OC(O)/C(C)=C/C)OP(=O)(OC(O)/C(C)=C/C)OC(O)/C(C)=C/C. The number of hydrogen-bond donors (Lipinski definition) is 4. The molecule has 0 bridgehead atoms. The average molecular weight is 514 g/mol. The molecular formula is C20H36O11P2. The number of phosphoric ester groups is 2. The lowest BCUT2D eigenvalue weighted by Gasteiger charge is -2.28. The monoisotopic (exact) mass is 514 g/mol. The molecule has 0 aliphatic heterocycles. The van der Waals surface area contributed by atoms with E-state index in [9.17, 15) is 29.6 Å². The Balaban J connectivity index is 6.35. The smallest absolute Gasteiger partial charge is 0.364 e. The Morgan fingerprint density at radius 2 is 0.727 bits per heavy atom. The minimum atomic E-state index is -5.13. The molecule has 0 spiro atoms. The zero-order valence-electron chi connectivity index (χ0n) is 20.2. The van der Waals surface area contributed by atoms with Crippen LogP contribution in [-0.2, 0) is 31.5 Å². The van der Waals surface area contributed by atoms with Crippen LogP contribution < -0.4 is 0 Å². The fourth-order valence-electron chi connectivity index (χ4n) is 1.64. The van der Waals surface area contributed by atoms with Crippen LogP contribution in [0.1, 0.15) is 55.4 Å². The highest BCUT2D eigenvalue weighted by Crippen LogP contribution is 2.68. The Kier molecular flexibility index (Phi) is 14.0.